The smallest absolute Gasteiger partial charge is 0.255 e. The van der Waals surface area contributed by atoms with Crippen LogP contribution in [-0.4, -0.2) is 52.5 Å². The number of fused-ring (bicyclic) bond motifs is 4. The van der Waals surface area contributed by atoms with Gasteiger partial charge < -0.3 is 14.2 Å². The number of ether oxygens (including phenoxy) is 1. The highest BCUT2D eigenvalue weighted by Gasteiger charge is 2.46. The quantitative estimate of drug-likeness (QED) is 0.401. The summed E-state index contributed by atoms with van der Waals surface area (Å²) in [5.41, 5.74) is 6.52. The van der Waals surface area contributed by atoms with Crippen LogP contribution >= 0.6 is 0 Å². The molecular formula is C29H31BN4O2. The zero-order valence-corrected chi connectivity index (χ0v) is 21.2. The molecule has 2 aliphatic carbocycles. The Hall–Kier alpha value is -3.22. The SMILES string of the molecule is [B]c1ccc2cc(-c3nn4cc(C(=O)N5CC6CCC5C6C)cc(OC)c4c3C)n(CC3CC3)c2c1. The number of rotatable bonds is 5. The van der Waals surface area contributed by atoms with Gasteiger partial charge in [-0.25, -0.2) is 4.52 Å². The molecule has 3 fully saturated rings. The number of benzene rings is 1. The lowest BCUT2D eigenvalue weighted by Gasteiger charge is -2.27. The number of aryl methyl sites for hydroxylation is 1. The summed E-state index contributed by atoms with van der Waals surface area (Å²) in [6, 6.07) is 10.6. The van der Waals surface area contributed by atoms with Gasteiger partial charge in [-0.2, -0.15) is 5.10 Å². The first-order valence-corrected chi connectivity index (χ1v) is 13.2. The Labute approximate surface area is 212 Å². The predicted molar refractivity (Wildman–Crippen MR) is 142 cm³/mol. The second kappa shape index (κ2) is 7.89. The number of carbonyl (C=O) groups excluding carboxylic acids is 1. The number of nitrogens with zero attached hydrogens (tertiary/aromatic N) is 4. The zero-order valence-electron chi connectivity index (χ0n) is 21.2. The third-order valence-electron chi connectivity index (χ3n) is 8.98. The molecule has 0 spiro atoms. The fourth-order valence-corrected chi connectivity index (χ4v) is 6.73. The largest absolute Gasteiger partial charge is 0.494 e. The van der Waals surface area contributed by atoms with E-state index in [0.29, 0.717) is 35.1 Å². The molecule has 2 saturated carbocycles. The van der Waals surface area contributed by atoms with Gasteiger partial charge in [-0.05, 0) is 68.6 Å². The molecule has 3 atom stereocenters. The van der Waals surface area contributed by atoms with E-state index in [1.165, 1.54) is 19.3 Å². The van der Waals surface area contributed by atoms with Crippen molar-refractivity contribution in [3.05, 3.63) is 47.7 Å². The van der Waals surface area contributed by atoms with Crippen molar-refractivity contribution in [3.8, 4) is 17.1 Å². The first kappa shape index (κ1) is 22.0. The maximum atomic E-state index is 13.6. The zero-order chi connectivity index (χ0) is 24.7. The molecule has 1 aliphatic heterocycles. The van der Waals surface area contributed by atoms with E-state index in [1.807, 2.05) is 22.8 Å². The molecule has 4 aromatic rings. The fourth-order valence-electron chi connectivity index (χ4n) is 6.73. The molecule has 1 amide bonds. The minimum atomic E-state index is 0.0854. The summed E-state index contributed by atoms with van der Waals surface area (Å²) < 4.78 is 10.0. The van der Waals surface area contributed by atoms with E-state index < -0.39 is 0 Å². The van der Waals surface area contributed by atoms with Crippen LogP contribution < -0.4 is 10.2 Å². The van der Waals surface area contributed by atoms with Crippen molar-refractivity contribution in [2.24, 2.45) is 17.8 Å². The number of pyridine rings is 1. The summed E-state index contributed by atoms with van der Waals surface area (Å²) >= 11 is 0. The second-order valence-corrected chi connectivity index (χ2v) is 11.2. The lowest BCUT2D eigenvalue weighted by molar-refractivity contribution is 0.0695. The van der Waals surface area contributed by atoms with Crippen molar-refractivity contribution < 1.29 is 9.53 Å². The van der Waals surface area contributed by atoms with Crippen LogP contribution in [0.25, 0.3) is 27.8 Å². The Balaban J connectivity index is 1.35. The number of carbonyl (C=O) groups is 1. The number of hydrogen-bond donors (Lipinski definition) is 0. The molecule has 1 saturated heterocycles. The molecular weight excluding hydrogens is 447 g/mol. The number of methoxy groups -OCH3 is 1. The Kier molecular flexibility index (Phi) is 4.83. The van der Waals surface area contributed by atoms with Gasteiger partial charge >= 0.3 is 0 Å². The molecule has 3 aliphatic rings. The van der Waals surface area contributed by atoms with Gasteiger partial charge in [0.15, 0.2) is 0 Å². The van der Waals surface area contributed by atoms with Crippen molar-refractivity contribution in [3.63, 3.8) is 0 Å². The number of amides is 1. The fraction of sp³-hybridized carbons (Fsp3) is 0.448. The van der Waals surface area contributed by atoms with Crippen LogP contribution in [0.4, 0.5) is 0 Å². The monoisotopic (exact) mass is 478 g/mol. The van der Waals surface area contributed by atoms with Crippen molar-refractivity contribution in [1.82, 2.24) is 19.1 Å². The van der Waals surface area contributed by atoms with Gasteiger partial charge in [0.2, 0.25) is 0 Å². The molecule has 2 radical (unpaired) electrons. The van der Waals surface area contributed by atoms with Gasteiger partial charge in [0, 0.05) is 41.8 Å². The van der Waals surface area contributed by atoms with E-state index in [-0.39, 0.29) is 5.91 Å². The lowest BCUT2D eigenvalue weighted by atomic mass is 9.95. The second-order valence-electron chi connectivity index (χ2n) is 11.2. The highest BCUT2D eigenvalue weighted by atomic mass is 16.5. The van der Waals surface area contributed by atoms with E-state index in [4.69, 9.17) is 17.7 Å². The summed E-state index contributed by atoms with van der Waals surface area (Å²) in [5, 5.41) is 6.21. The highest BCUT2D eigenvalue weighted by Crippen LogP contribution is 2.43. The van der Waals surface area contributed by atoms with Crippen LogP contribution in [0.15, 0.2) is 36.5 Å². The average molecular weight is 478 g/mol. The van der Waals surface area contributed by atoms with Crippen molar-refractivity contribution in [1.29, 1.82) is 0 Å². The van der Waals surface area contributed by atoms with E-state index in [0.717, 1.165) is 58.3 Å². The molecule has 3 aromatic heterocycles. The topological polar surface area (TPSA) is 51.8 Å². The van der Waals surface area contributed by atoms with Crippen LogP contribution in [-0.2, 0) is 6.54 Å². The van der Waals surface area contributed by atoms with Crippen LogP contribution in [0, 0.1) is 24.7 Å². The van der Waals surface area contributed by atoms with Crippen molar-refractivity contribution in [2.45, 2.75) is 52.1 Å². The van der Waals surface area contributed by atoms with Gasteiger partial charge in [-0.3, -0.25) is 4.79 Å². The maximum Gasteiger partial charge on any atom is 0.255 e. The Morgan fingerprint density at radius 2 is 2.00 bits per heavy atom. The summed E-state index contributed by atoms with van der Waals surface area (Å²) in [6.45, 7) is 6.21. The summed E-state index contributed by atoms with van der Waals surface area (Å²) in [5.74, 6) is 2.69. The molecule has 182 valence electrons. The molecule has 2 bridgehead atoms. The molecule has 7 heteroatoms. The van der Waals surface area contributed by atoms with Gasteiger partial charge in [0.25, 0.3) is 5.91 Å². The Morgan fingerprint density at radius 3 is 2.69 bits per heavy atom. The number of piperidine rings is 1. The third kappa shape index (κ3) is 3.24. The van der Waals surface area contributed by atoms with Crippen molar-refractivity contribution >= 4 is 35.6 Å². The highest BCUT2D eigenvalue weighted by molar-refractivity contribution is 6.33. The van der Waals surface area contributed by atoms with Gasteiger partial charge in [-0.15, -0.1) is 0 Å². The molecule has 3 unspecified atom stereocenters. The van der Waals surface area contributed by atoms with Gasteiger partial charge in [0.1, 0.15) is 24.8 Å². The Bertz CT molecular complexity index is 1530. The van der Waals surface area contributed by atoms with E-state index in [2.05, 4.69) is 41.5 Å². The minimum Gasteiger partial charge on any atom is -0.494 e. The van der Waals surface area contributed by atoms with Crippen LogP contribution in [0.3, 0.4) is 0 Å². The predicted octanol–water partition coefficient (Wildman–Crippen LogP) is 4.35. The first-order valence-electron chi connectivity index (χ1n) is 13.2. The number of hydrogen-bond acceptors (Lipinski definition) is 3. The molecule has 4 heterocycles. The third-order valence-corrected chi connectivity index (χ3v) is 8.98. The summed E-state index contributed by atoms with van der Waals surface area (Å²) in [6.07, 6.45) is 6.77. The molecule has 7 rings (SSSR count). The van der Waals surface area contributed by atoms with Gasteiger partial charge in [-0.1, -0.05) is 24.5 Å². The summed E-state index contributed by atoms with van der Waals surface area (Å²) in [4.78, 5) is 15.7. The van der Waals surface area contributed by atoms with Crippen LogP contribution in [0.5, 0.6) is 5.75 Å². The standard InChI is InChI=1S/C29H31BN4O2/c1-16-20-7-9-23(16)33(14-20)29(35)21-11-26(36-3)28-17(2)27(31-34(28)15-21)25-10-19-6-8-22(30)12-24(19)32(25)13-18-4-5-18/h6,8,10-12,15-16,18,20,23H,4-5,7,9,13-14H2,1-3H3. The van der Waals surface area contributed by atoms with Gasteiger partial charge in [0.05, 0.1) is 18.4 Å². The number of likely N-dealkylation sites (tertiary alicyclic amines) is 1. The number of aromatic nitrogens is 3. The van der Waals surface area contributed by atoms with E-state index in [9.17, 15) is 4.79 Å². The lowest BCUT2D eigenvalue weighted by Crippen LogP contribution is -2.38. The molecule has 0 N–H and O–H groups in total. The minimum absolute atomic E-state index is 0.0854. The molecule has 6 nitrogen and oxygen atoms in total. The maximum absolute atomic E-state index is 13.6. The Morgan fingerprint density at radius 1 is 1.17 bits per heavy atom. The average Bonchev–Trinajstić information content (AvgIpc) is 3.29. The molecule has 1 aromatic carbocycles. The summed E-state index contributed by atoms with van der Waals surface area (Å²) in [7, 11) is 7.83. The van der Waals surface area contributed by atoms with Crippen LogP contribution in [0.1, 0.15) is 48.5 Å². The van der Waals surface area contributed by atoms with Crippen LogP contribution in [0.2, 0.25) is 0 Å². The van der Waals surface area contributed by atoms with E-state index >= 15 is 0 Å². The normalized spacial score (nSPS) is 23.3. The first-order chi connectivity index (χ1) is 17.4. The van der Waals surface area contributed by atoms with E-state index in [1.54, 1.807) is 7.11 Å². The van der Waals surface area contributed by atoms with Crippen molar-refractivity contribution in [2.75, 3.05) is 13.7 Å². The molecule has 36 heavy (non-hydrogen) atoms.